The SMILES string of the molecule is N#Cc1cccc(Nc2cc(Br)ccc2I)c1. The van der Waals surface area contributed by atoms with Gasteiger partial charge in [-0.15, -0.1) is 0 Å². The van der Waals surface area contributed by atoms with Crippen molar-refractivity contribution < 1.29 is 0 Å². The topological polar surface area (TPSA) is 35.8 Å². The summed E-state index contributed by atoms with van der Waals surface area (Å²) in [4.78, 5) is 0. The summed E-state index contributed by atoms with van der Waals surface area (Å²) in [7, 11) is 0. The molecule has 0 atom stereocenters. The van der Waals surface area contributed by atoms with Crippen LogP contribution in [-0.4, -0.2) is 0 Å². The van der Waals surface area contributed by atoms with Crippen molar-refractivity contribution >= 4 is 49.9 Å². The number of benzene rings is 2. The van der Waals surface area contributed by atoms with E-state index < -0.39 is 0 Å². The molecular formula is C13H8BrIN2. The minimum Gasteiger partial charge on any atom is -0.355 e. The standard InChI is InChI=1S/C13H8BrIN2/c14-10-4-5-12(15)13(7-10)17-11-3-1-2-9(6-11)8-16/h1-7,17H. The molecule has 4 heteroatoms. The average molecular weight is 399 g/mol. The maximum Gasteiger partial charge on any atom is 0.0992 e. The second kappa shape index (κ2) is 5.52. The Bertz CT molecular complexity index is 590. The Labute approximate surface area is 122 Å². The van der Waals surface area contributed by atoms with Crippen molar-refractivity contribution in [2.75, 3.05) is 5.32 Å². The third-order valence-electron chi connectivity index (χ3n) is 2.20. The first kappa shape index (κ1) is 12.4. The van der Waals surface area contributed by atoms with Gasteiger partial charge in [0.2, 0.25) is 0 Å². The zero-order valence-electron chi connectivity index (χ0n) is 8.74. The van der Waals surface area contributed by atoms with Crippen LogP contribution >= 0.6 is 38.5 Å². The van der Waals surface area contributed by atoms with E-state index in [0.29, 0.717) is 5.56 Å². The van der Waals surface area contributed by atoms with Gasteiger partial charge in [0.1, 0.15) is 0 Å². The van der Waals surface area contributed by atoms with Gasteiger partial charge in [-0.1, -0.05) is 22.0 Å². The van der Waals surface area contributed by atoms with E-state index in [9.17, 15) is 0 Å². The normalized spacial score (nSPS) is 9.71. The quantitative estimate of drug-likeness (QED) is 0.746. The molecule has 84 valence electrons. The fourth-order valence-corrected chi connectivity index (χ4v) is 2.25. The Balaban J connectivity index is 2.31. The summed E-state index contributed by atoms with van der Waals surface area (Å²) >= 11 is 5.72. The first-order valence-corrected chi connectivity index (χ1v) is 6.78. The molecule has 0 radical (unpaired) electrons. The average Bonchev–Trinajstić information content (AvgIpc) is 2.34. The van der Waals surface area contributed by atoms with Crippen molar-refractivity contribution in [3.63, 3.8) is 0 Å². The Kier molecular flexibility index (Phi) is 4.02. The van der Waals surface area contributed by atoms with Crippen LogP contribution in [0.4, 0.5) is 11.4 Å². The molecule has 0 fully saturated rings. The van der Waals surface area contributed by atoms with Crippen LogP contribution in [-0.2, 0) is 0 Å². The van der Waals surface area contributed by atoms with Gasteiger partial charge in [0.05, 0.1) is 17.3 Å². The van der Waals surface area contributed by atoms with Gasteiger partial charge in [-0.3, -0.25) is 0 Å². The summed E-state index contributed by atoms with van der Waals surface area (Å²) in [5.41, 5.74) is 2.59. The number of nitriles is 1. The van der Waals surface area contributed by atoms with Gasteiger partial charge >= 0.3 is 0 Å². The van der Waals surface area contributed by atoms with Gasteiger partial charge in [-0.25, -0.2) is 0 Å². The van der Waals surface area contributed by atoms with E-state index >= 15 is 0 Å². The van der Waals surface area contributed by atoms with Crippen LogP contribution in [0.3, 0.4) is 0 Å². The second-order valence-corrected chi connectivity index (χ2v) is 5.52. The molecule has 0 heterocycles. The van der Waals surface area contributed by atoms with E-state index in [1.165, 1.54) is 0 Å². The number of hydrogen-bond donors (Lipinski definition) is 1. The van der Waals surface area contributed by atoms with Crippen LogP contribution in [0.2, 0.25) is 0 Å². The van der Waals surface area contributed by atoms with E-state index in [0.717, 1.165) is 19.4 Å². The highest BCUT2D eigenvalue weighted by atomic mass is 127. The highest BCUT2D eigenvalue weighted by Crippen LogP contribution is 2.26. The van der Waals surface area contributed by atoms with E-state index in [-0.39, 0.29) is 0 Å². The molecule has 0 spiro atoms. The van der Waals surface area contributed by atoms with Gasteiger partial charge in [0.15, 0.2) is 0 Å². The Morgan fingerprint density at radius 2 is 2.00 bits per heavy atom. The lowest BCUT2D eigenvalue weighted by molar-refractivity contribution is 1.46. The molecule has 0 aliphatic rings. The monoisotopic (exact) mass is 398 g/mol. The largest absolute Gasteiger partial charge is 0.355 e. The van der Waals surface area contributed by atoms with Crippen molar-refractivity contribution in [2.24, 2.45) is 0 Å². The van der Waals surface area contributed by atoms with Crippen LogP contribution in [0.25, 0.3) is 0 Å². The predicted molar refractivity (Wildman–Crippen MR) is 81.3 cm³/mol. The molecule has 0 saturated carbocycles. The molecule has 0 aliphatic carbocycles. The van der Waals surface area contributed by atoms with Crippen molar-refractivity contribution in [3.8, 4) is 6.07 Å². The number of nitrogens with one attached hydrogen (secondary N) is 1. The molecule has 2 nitrogen and oxygen atoms in total. The molecule has 0 saturated heterocycles. The molecule has 2 aromatic rings. The third kappa shape index (κ3) is 3.20. The van der Waals surface area contributed by atoms with Crippen molar-refractivity contribution in [1.29, 1.82) is 5.26 Å². The van der Waals surface area contributed by atoms with Crippen LogP contribution in [0.5, 0.6) is 0 Å². The lowest BCUT2D eigenvalue weighted by Gasteiger charge is -2.09. The van der Waals surface area contributed by atoms with Gasteiger partial charge < -0.3 is 5.32 Å². The number of hydrogen-bond acceptors (Lipinski definition) is 2. The summed E-state index contributed by atoms with van der Waals surface area (Å²) in [5.74, 6) is 0. The summed E-state index contributed by atoms with van der Waals surface area (Å²) in [5, 5.41) is 12.1. The molecule has 0 aromatic heterocycles. The summed E-state index contributed by atoms with van der Waals surface area (Å²) in [6.45, 7) is 0. The number of rotatable bonds is 2. The molecule has 0 unspecified atom stereocenters. The van der Waals surface area contributed by atoms with Gasteiger partial charge in [0.25, 0.3) is 0 Å². The van der Waals surface area contributed by atoms with Crippen LogP contribution in [0.1, 0.15) is 5.56 Å². The van der Waals surface area contributed by atoms with Crippen LogP contribution in [0, 0.1) is 14.9 Å². The van der Waals surface area contributed by atoms with E-state index in [4.69, 9.17) is 5.26 Å². The second-order valence-electron chi connectivity index (χ2n) is 3.44. The molecule has 0 amide bonds. The Morgan fingerprint density at radius 3 is 2.76 bits per heavy atom. The van der Waals surface area contributed by atoms with E-state index in [1.807, 2.05) is 36.4 Å². The number of anilines is 2. The van der Waals surface area contributed by atoms with E-state index in [1.54, 1.807) is 6.07 Å². The predicted octanol–water partition coefficient (Wildman–Crippen LogP) is 4.67. The Hall–Kier alpha value is -1.06. The van der Waals surface area contributed by atoms with Crippen molar-refractivity contribution in [1.82, 2.24) is 0 Å². The maximum absolute atomic E-state index is 8.84. The van der Waals surface area contributed by atoms with Crippen molar-refractivity contribution in [3.05, 3.63) is 56.1 Å². The minimum atomic E-state index is 0.653. The summed E-state index contributed by atoms with van der Waals surface area (Å²) in [6.07, 6.45) is 0. The number of nitrogens with zero attached hydrogens (tertiary/aromatic N) is 1. The maximum atomic E-state index is 8.84. The summed E-state index contributed by atoms with van der Waals surface area (Å²) < 4.78 is 2.16. The molecule has 2 rings (SSSR count). The van der Waals surface area contributed by atoms with Gasteiger partial charge in [0, 0.05) is 13.7 Å². The lowest BCUT2D eigenvalue weighted by Crippen LogP contribution is -1.93. The minimum absolute atomic E-state index is 0.653. The molecule has 1 N–H and O–H groups in total. The number of halogens is 2. The first-order valence-electron chi connectivity index (χ1n) is 4.91. The molecule has 0 bridgehead atoms. The van der Waals surface area contributed by atoms with E-state index in [2.05, 4.69) is 49.9 Å². The first-order chi connectivity index (χ1) is 8.19. The fourth-order valence-electron chi connectivity index (χ4n) is 1.42. The third-order valence-corrected chi connectivity index (χ3v) is 3.63. The van der Waals surface area contributed by atoms with Gasteiger partial charge in [-0.05, 0) is 59.0 Å². The smallest absolute Gasteiger partial charge is 0.0992 e. The highest BCUT2D eigenvalue weighted by molar-refractivity contribution is 14.1. The Morgan fingerprint density at radius 1 is 1.18 bits per heavy atom. The molecular weight excluding hydrogens is 391 g/mol. The van der Waals surface area contributed by atoms with Crippen molar-refractivity contribution in [2.45, 2.75) is 0 Å². The summed E-state index contributed by atoms with van der Waals surface area (Å²) in [6, 6.07) is 15.6. The highest BCUT2D eigenvalue weighted by Gasteiger charge is 2.01. The van der Waals surface area contributed by atoms with Crippen LogP contribution in [0.15, 0.2) is 46.9 Å². The zero-order valence-corrected chi connectivity index (χ0v) is 12.5. The molecule has 0 aliphatic heterocycles. The molecule has 2 aromatic carbocycles. The molecule has 17 heavy (non-hydrogen) atoms. The van der Waals surface area contributed by atoms with Gasteiger partial charge in [-0.2, -0.15) is 5.26 Å². The van der Waals surface area contributed by atoms with Crippen LogP contribution < -0.4 is 5.32 Å². The lowest BCUT2D eigenvalue weighted by atomic mass is 10.2. The fraction of sp³-hybridized carbons (Fsp3) is 0. The zero-order chi connectivity index (χ0) is 12.3.